The number of halogens is 5. The van der Waals surface area contributed by atoms with E-state index in [0.29, 0.717) is 32.5 Å². The summed E-state index contributed by atoms with van der Waals surface area (Å²) in [5, 5.41) is 24.7. The second kappa shape index (κ2) is 13.4. The Balaban J connectivity index is 1.11. The minimum Gasteiger partial charge on any atom is -0.481 e. The van der Waals surface area contributed by atoms with E-state index in [1.54, 1.807) is 12.1 Å². The van der Waals surface area contributed by atoms with E-state index in [0.717, 1.165) is 24.4 Å². The van der Waals surface area contributed by atoms with Crippen LogP contribution in [-0.4, -0.2) is 96.1 Å². The molecule has 2 saturated heterocycles. The van der Waals surface area contributed by atoms with Gasteiger partial charge in [-0.15, -0.1) is 0 Å². The summed E-state index contributed by atoms with van der Waals surface area (Å²) in [6.07, 6.45) is -0.710. The van der Waals surface area contributed by atoms with Gasteiger partial charge in [0.1, 0.15) is 17.2 Å². The quantitative estimate of drug-likeness (QED) is 0.273. The Hall–Kier alpha value is -4.33. The molecule has 252 valence electrons. The number of piperidine rings is 1. The maximum atomic E-state index is 14.4. The number of likely N-dealkylation sites (tertiary alicyclic amines) is 1. The van der Waals surface area contributed by atoms with E-state index in [-0.39, 0.29) is 42.7 Å². The summed E-state index contributed by atoms with van der Waals surface area (Å²) < 4.78 is 80.9. The van der Waals surface area contributed by atoms with Crippen molar-refractivity contribution in [3.05, 3.63) is 70.9 Å². The summed E-state index contributed by atoms with van der Waals surface area (Å²) in [6.45, 7) is 0.325. The van der Waals surface area contributed by atoms with Crippen molar-refractivity contribution in [3.63, 3.8) is 0 Å². The van der Waals surface area contributed by atoms with Crippen LogP contribution >= 0.6 is 0 Å². The van der Waals surface area contributed by atoms with Gasteiger partial charge < -0.3 is 30.1 Å². The van der Waals surface area contributed by atoms with Gasteiger partial charge in [-0.3, -0.25) is 9.69 Å². The van der Waals surface area contributed by atoms with Crippen LogP contribution in [0.2, 0.25) is 0 Å². The molecule has 2 amide bonds. The number of ether oxygens (including phenoxy) is 2. The predicted molar refractivity (Wildman–Crippen MR) is 155 cm³/mol. The third kappa shape index (κ3) is 7.32. The number of alkyl halides is 3. The molecule has 16 heteroatoms. The van der Waals surface area contributed by atoms with Crippen LogP contribution in [0.5, 0.6) is 5.88 Å². The summed E-state index contributed by atoms with van der Waals surface area (Å²) in [4.78, 5) is 32.6. The molecule has 3 unspecified atom stereocenters. The Labute approximate surface area is 266 Å². The summed E-state index contributed by atoms with van der Waals surface area (Å²) in [6, 6.07) is 5.55. The first kappa shape index (κ1) is 34.0. The van der Waals surface area contributed by atoms with Crippen molar-refractivity contribution in [2.24, 2.45) is 5.92 Å². The summed E-state index contributed by atoms with van der Waals surface area (Å²) in [5.74, 6) is -3.08. The summed E-state index contributed by atoms with van der Waals surface area (Å²) in [5.41, 5.74) is -4.92. The standard InChI is InChI=1S/C31H33F5N6O5/c1-46-26-5-3-21(14-39-26)30(45,31(34,35)36)17-40-27(43)20-2-4-22(38-13-20)15-42-18-29(47-28(42)44)6-8-41(9-7-29)16-23-24(32)10-19(12-37)11-25(23)33/h2-5,10-11,14,20,22,38,45H,6-9,13,15-18H2,1H3,(H,40,43). The fourth-order valence-corrected chi connectivity index (χ4v) is 5.94. The van der Waals surface area contributed by atoms with Crippen molar-refractivity contribution < 1.29 is 46.1 Å². The molecule has 11 nitrogen and oxygen atoms in total. The molecule has 47 heavy (non-hydrogen) atoms. The highest BCUT2D eigenvalue weighted by molar-refractivity contribution is 5.81. The van der Waals surface area contributed by atoms with E-state index in [2.05, 4.69) is 15.6 Å². The Morgan fingerprint density at radius 2 is 1.94 bits per heavy atom. The molecule has 3 N–H and O–H groups in total. The van der Waals surface area contributed by atoms with E-state index in [1.165, 1.54) is 24.2 Å². The number of methoxy groups -OCH3 is 1. The lowest BCUT2D eigenvalue weighted by molar-refractivity contribution is -0.264. The monoisotopic (exact) mass is 664 g/mol. The SMILES string of the molecule is COc1ccc(C(O)(CNC(=O)C2C=CC(CN3CC4(CCN(Cc5c(F)cc(C#N)cc5F)CC4)OC3=O)NC2)C(F)(F)F)cn1. The van der Waals surface area contributed by atoms with Crippen LogP contribution in [0.4, 0.5) is 26.7 Å². The fourth-order valence-electron chi connectivity index (χ4n) is 5.94. The van der Waals surface area contributed by atoms with Crippen LogP contribution < -0.4 is 15.4 Å². The molecule has 3 aliphatic heterocycles. The maximum absolute atomic E-state index is 14.4. The van der Waals surface area contributed by atoms with Crippen LogP contribution in [0.15, 0.2) is 42.6 Å². The summed E-state index contributed by atoms with van der Waals surface area (Å²) in [7, 11) is 1.30. The van der Waals surface area contributed by atoms with Crippen molar-refractivity contribution in [2.45, 2.75) is 42.8 Å². The number of hydrogen-bond donors (Lipinski definition) is 3. The average molecular weight is 665 g/mol. The third-order valence-corrected chi connectivity index (χ3v) is 8.80. The number of hydrogen-bond acceptors (Lipinski definition) is 9. The topological polar surface area (TPSA) is 140 Å². The molecule has 5 rings (SSSR count). The van der Waals surface area contributed by atoms with E-state index >= 15 is 0 Å². The number of nitrogens with zero attached hydrogens (tertiary/aromatic N) is 4. The van der Waals surface area contributed by atoms with Gasteiger partial charge >= 0.3 is 12.3 Å². The molecule has 1 aromatic carbocycles. The zero-order valence-corrected chi connectivity index (χ0v) is 25.3. The van der Waals surface area contributed by atoms with Gasteiger partial charge in [-0.05, 0) is 18.2 Å². The van der Waals surface area contributed by atoms with E-state index in [4.69, 9.17) is 14.7 Å². The third-order valence-electron chi connectivity index (χ3n) is 8.80. The minimum atomic E-state index is -5.11. The second-order valence-corrected chi connectivity index (χ2v) is 11.9. The number of benzene rings is 1. The van der Waals surface area contributed by atoms with Gasteiger partial charge in [0.2, 0.25) is 17.4 Å². The largest absolute Gasteiger partial charge is 0.481 e. The van der Waals surface area contributed by atoms with Gasteiger partial charge in [-0.25, -0.2) is 18.6 Å². The zero-order chi connectivity index (χ0) is 34.0. The normalized spacial score (nSPS) is 22.4. The molecule has 2 fully saturated rings. The lowest BCUT2D eigenvalue weighted by atomic mass is 9.91. The molecule has 0 radical (unpaired) electrons. The van der Waals surface area contributed by atoms with E-state index < -0.39 is 59.0 Å². The van der Waals surface area contributed by atoms with Gasteiger partial charge in [0.05, 0.1) is 37.7 Å². The summed E-state index contributed by atoms with van der Waals surface area (Å²) >= 11 is 0. The number of rotatable bonds is 9. The second-order valence-electron chi connectivity index (χ2n) is 11.9. The number of aliphatic hydroxyl groups is 1. The number of carbonyl (C=O) groups is 2. The van der Waals surface area contributed by atoms with Gasteiger partial charge in [-0.1, -0.05) is 12.2 Å². The first-order chi connectivity index (χ1) is 22.3. The van der Waals surface area contributed by atoms with Crippen LogP contribution in [-0.2, 0) is 21.7 Å². The molecule has 0 bridgehead atoms. The molecule has 3 aliphatic rings. The zero-order valence-electron chi connectivity index (χ0n) is 25.3. The molecular weight excluding hydrogens is 631 g/mol. The van der Waals surface area contributed by atoms with Crippen LogP contribution in [0.25, 0.3) is 0 Å². The smallest absolute Gasteiger partial charge is 0.423 e. The molecule has 3 atom stereocenters. The Bertz CT molecular complexity index is 1530. The number of pyridine rings is 1. The van der Waals surface area contributed by atoms with Gasteiger partial charge in [0, 0.05) is 75.0 Å². The first-order valence-electron chi connectivity index (χ1n) is 14.8. The van der Waals surface area contributed by atoms with E-state index in [9.17, 15) is 36.6 Å². The molecule has 4 heterocycles. The van der Waals surface area contributed by atoms with Crippen molar-refractivity contribution >= 4 is 12.0 Å². The Morgan fingerprint density at radius 3 is 2.49 bits per heavy atom. The highest BCUT2D eigenvalue weighted by atomic mass is 19.4. The molecule has 2 aromatic rings. The fraction of sp³-hybridized carbons (Fsp3) is 0.484. The number of nitrogens with one attached hydrogen (secondary N) is 2. The van der Waals surface area contributed by atoms with Crippen molar-refractivity contribution in [2.75, 3.05) is 46.4 Å². The molecule has 1 aromatic heterocycles. The number of nitriles is 1. The molecule has 1 spiro atoms. The molecule has 0 saturated carbocycles. The van der Waals surface area contributed by atoms with Crippen molar-refractivity contribution in [1.82, 2.24) is 25.4 Å². The number of carbonyl (C=O) groups excluding carboxylic acids is 2. The lowest BCUT2D eigenvalue weighted by Gasteiger charge is -2.37. The minimum absolute atomic E-state index is 0.0107. The highest BCUT2D eigenvalue weighted by Gasteiger charge is 2.55. The lowest BCUT2D eigenvalue weighted by Crippen LogP contribution is -2.53. The number of aromatic nitrogens is 1. The van der Waals surface area contributed by atoms with Crippen LogP contribution in [0.3, 0.4) is 0 Å². The number of amides is 2. The molecular formula is C31H33F5N6O5. The van der Waals surface area contributed by atoms with Crippen LogP contribution in [0, 0.1) is 28.9 Å². The predicted octanol–water partition coefficient (Wildman–Crippen LogP) is 2.74. The maximum Gasteiger partial charge on any atom is 0.423 e. The first-order valence-corrected chi connectivity index (χ1v) is 14.8. The van der Waals surface area contributed by atoms with Crippen LogP contribution in [0.1, 0.15) is 29.5 Å². The Kier molecular flexibility index (Phi) is 9.71. The van der Waals surface area contributed by atoms with Gasteiger partial charge in [0.25, 0.3) is 0 Å². The highest BCUT2D eigenvalue weighted by Crippen LogP contribution is 2.39. The van der Waals surface area contributed by atoms with Gasteiger partial charge in [0.15, 0.2) is 0 Å². The Morgan fingerprint density at radius 1 is 1.23 bits per heavy atom. The average Bonchev–Trinajstić information content (AvgIpc) is 3.35. The van der Waals surface area contributed by atoms with E-state index in [1.807, 2.05) is 4.90 Å². The van der Waals surface area contributed by atoms with Crippen molar-refractivity contribution in [3.8, 4) is 11.9 Å². The molecule has 0 aliphatic carbocycles. The van der Waals surface area contributed by atoms with Gasteiger partial charge in [-0.2, -0.15) is 18.4 Å². The van der Waals surface area contributed by atoms with Crippen molar-refractivity contribution in [1.29, 1.82) is 5.26 Å².